The highest BCUT2D eigenvalue weighted by Gasteiger charge is 2.19. The van der Waals surface area contributed by atoms with E-state index in [4.69, 9.17) is 39.2 Å². The number of nitrogens with one attached hydrogen (secondary N) is 1. The van der Waals surface area contributed by atoms with Crippen LogP contribution >= 0.6 is 34.8 Å². The van der Waals surface area contributed by atoms with Gasteiger partial charge in [-0.05, 0) is 19.5 Å². The van der Waals surface area contributed by atoms with E-state index in [1.54, 1.807) is 6.07 Å². The van der Waals surface area contributed by atoms with Gasteiger partial charge in [-0.15, -0.1) is 0 Å². The lowest BCUT2D eigenvalue weighted by molar-refractivity contribution is 0.525. The fraction of sp³-hybridized carbons (Fsp3) is 0.333. The predicted molar refractivity (Wildman–Crippen MR) is 73.4 cm³/mol. The van der Waals surface area contributed by atoms with Gasteiger partial charge in [0.2, 0.25) is 0 Å². The molecule has 1 aromatic carbocycles. The van der Waals surface area contributed by atoms with Gasteiger partial charge in [0.15, 0.2) is 5.58 Å². The second-order valence-corrected chi connectivity index (χ2v) is 4.94. The van der Waals surface area contributed by atoms with Crippen LogP contribution in [0.5, 0.6) is 0 Å². The minimum absolute atomic E-state index is 0.454. The van der Waals surface area contributed by atoms with Gasteiger partial charge in [0.25, 0.3) is 0 Å². The van der Waals surface area contributed by atoms with Crippen LogP contribution in [0.3, 0.4) is 0 Å². The Hall–Kier alpha value is -0.410. The predicted octanol–water partition coefficient (Wildman–Crippen LogP) is 4.67. The Bertz CT molecular complexity index is 563. The van der Waals surface area contributed by atoms with Gasteiger partial charge in [0.1, 0.15) is 5.76 Å². The largest absolute Gasteiger partial charge is 0.458 e. The third kappa shape index (κ3) is 2.15. The second kappa shape index (κ2) is 5.07. The zero-order valence-electron chi connectivity index (χ0n) is 9.53. The zero-order valence-corrected chi connectivity index (χ0v) is 11.8. The molecule has 0 spiro atoms. The van der Waals surface area contributed by atoms with Crippen LogP contribution in [0.4, 0.5) is 0 Å². The number of halogens is 3. The Morgan fingerprint density at radius 1 is 1.24 bits per heavy atom. The van der Waals surface area contributed by atoms with Crippen molar-refractivity contribution in [2.45, 2.75) is 19.9 Å². The molecule has 0 aliphatic rings. The molecule has 92 valence electrons. The van der Waals surface area contributed by atoms with E-state index in [-0.39, 0.29) is 0 Å². The van der Waals surface area contributed by atoms with Crippen LogP contribution in [0.25, 0.3) is 11.0 Å². The highest BCUT2D eigenvalue weighted by molar-refractivity contribution is 6.47. The average molecular weight is 293 g/mol. The van der Waals surface area contributed by atoms with Crippen LogP contribution in [0, 0.1) is 0 Å². The summed E-state index contributed by atoms with van der Waals surface area (Å²) < 4.78 is 5.76. The van der Waals surface area contributed by atoms with Gasteiger partial charge in [-0.3, -0.25) is 0 Å². The number of rotatable bonds is 3. The van der Waals surface area contributed by atoms with Crippen molar-refractivity contribution >= 4 is 45.8 Å². The number of hydrogen-bond donors (Lipinski definition) is 1. The second-order valence-electron chi connectivity index (χ2n) is 3.75. The molecule has 0 radical (unpaired) electrons. The fourth-order valence-electron chi connectivity index (χ4n) is 1.95. The van der Waals surface area contributed by atoms with Crippen molar-refractivity contribution in [1.29, 1.82) is 0 Å². The zero-order chi connectivity index (χ0) is 12.6. The van der Waals surface area contributed by atoms with E-state index in [2.05, 4.69) is 12.2 Å². The van der Waals surface area contributed by atoms with Crippen LogP contribution in [0.15, 0.2) is 10.5 Å². The van der Waals surface area contributed by atoms with Gasteiger partial charge in [-0.1, -0.05) is 41.7 Å². The lowest BCUT2D eigenvalue weighted by Gasteiger charge is -2.01. The average Bonchev–Trinajstić information content (AvgIpc) is 2.66. The first kappa shape index (κ1) is 13.0. The standard InChI is InChI=1S/C12H12Cl3NO/c1-3-6-9(5-16-2)17-12-8(14)4-7(13)11(15)10(6)12/h4,16H,3,5H2,1-2H3. The van der Waals surface area contributed by atoms with Crippen LogP contribution in [0.1, 0.15) is 18.2 Å². The third-order valence-corrected chi connectivity index (χ3v) is 3.75. The van der Waals surface area contributed by atoms with Crippen LogP contribution < -0.4 is 5.32 Å². The molecule has 2 aromatic rings. The molecule has 1 N–H and O–H groups in total. The van der Waals surface area contributed by atoms with Crippen molar-refractivity contribution in [3.63, 3.8) is 0 Å². The monoisotopic (exact) mass is 291 g/mol. The van der Waals surface area contributed by atoms with Crippen molar-refractivity contribution in [3.8, 4) is 0 Å². The summed E-state index contributed by atoms with van der Waals surface area (Å²) in [6.45, 7) is 2.69. The van der Waals surface area contributed by atoms with Crippen molar-refractivity contribution < 1.29 is 4.42 Å². The lowest BCUT2D eigenvalue weighted by Crippen LogP contribution is -2.05. The van der Waals surface area contributed by atoms with Crippen molar-refractivity contribution in [3.05, 3.63) is 32.5 Å². The summed E-state index contributed by atoms with van der Waals surface area (Å²) in [4.78, 5) is 0. The smallest absolute Gasteiger partial charge is 0.154 e. The molecule has 17 heavy (non-hydrogen) atoms. The van der Waals surface area contributed by atoms with E-state index in [9.17, 15) is 0 Å². The molecule has 0 aliphatic heterocycles. The minimum atomic E-state index is 0.454. The van der Waals surface area contributed by atoms with E-state index in [1.165, 1.54) is 0 Å². The Morgan fingerprint density at radius 2 is 1.94 bits per heavy atom. The summed E-state index contributed by atoms with van der Waals surface area (Å²) in [5, 5.41) is 5.35. The SMILES string of the molecule is CCc1c(CNC)oc2c(Cl)cc(Cl)c(Cl)c12. The van der Waals surface area contributed by atoms with Gasteiger partial charge >= 0.3 is 0 Å². The number of benzene rings is 1. The molecule has 1 aromatic heterocycles. The molecule has 1 heterocycles. The Morgan fingerprint density at radius 3 is 2.53 bits per heavy atom. The maximum Gasteiger partial charge on any atom is 0.154 e. The fourth-order valence-corrected chi connectivity index (χ4v) is 2.71. The molecule has 0 aliphatic carbocycles. The van der Waals surface area contributed by atoms with Gasteiger partial charge < -0.3 is 9.73 Å². The lowest BCUT2D eigenvalue weighted by atomic mass is 10.1. The molecule has 0 saturated heterocycles. The molecule has 0 unspecified atom stereocenters. The Labute approximate surface area is 115 Å². The normalized spacial score (nSPS) is 11.4. The van der Waals surface area contributed by atoms with Gasteiger partial charge in [0.05, 0.1) is 21.6 Å². The number of fused-ring (bicyclic) bond motifs is 1. The molecule has 2 nitrogen and oxygen atoms in total. The summed E-state index contributed by atoms with van der Waals surface area (Å²) in [6, 6.07) is 1.61. The minimum Gasteiger partial charge on any atom is -0.458 e. The molecule has 0 fully saturated rings. The molecule has 0 amide bonds. The van der Waals surface area contributed by atoms with Gasteiger partial charge in [-0.2, -0.15) is 0 Å². The summed E-state index contributed by atoms with van der Waals surface area (Å²) in [6.07, 6.45) is 0.820. The third-order valence-electron chi connectivity index (χ3n) is 2.68. The summed E-state index contributed by atoms with van der Waals surface area (Å²) in [5.74, 6) is 0.857. The molecule has 0 bridgehead atoms. The van der Waals surface area contributed by atoms with Crippen molar-refractivity contribution in [2.24, 2.45) is 0 Å². The highest BCUT2D eigenvalue weighted by Crippen LogP contribution is 2.40. The van der Waals surface area contributed by atoms with E-state index in [1.807, 2.05) is 7.05 Å². The molecule has 5 heteroatoms. The first-order chi connectivity index (χ1) is 8.10. The van der Waals surface area contributed by atoms with Crippen molar-refractivity contribution in [2.75, 3.05) is 7.05 Å². The number of hydrogen-bond acceptors (Lipinski definition) is 2. The maximum atomic E-state index is 6.22. The van der Waals surface area contributed by atoms with Crippen LogP contribution in [-0.4, -0.2) is 7.05 Å². The molecule has 2 rings (SSSR count). The summed E-state index contributed by atoms with van der Waals surface area (Å²) >= 11 is 18.4. The Balaban J connectivity index is 2.82. The summed E-state index contributed by atoms with van der Waals surface area (Å²) in [5.41, 5.74) is 1.67. The van der Waals surface area contributed by atoms with Crippen molar-refractivity contribution in [1.82, 2.24) is 5.32 Å². The van der Waals surface area contributed by atoms with Gasteiger partial charge in [-0.25, -0.2) is 0 Å². The van der Waals surface area contributed by atoms with E-state index >= 15 is 0 Å². The van der Waals surface area contributed by atoms with Gasteiger partial charge in [0, 0.05) is 10.9 Å². The number of aryl methyl sites for hydroxylation is 1. The summed E-state index contributed by atoms with van der Waals surface area (Å²) in [7, 11) is 1.86. The topological polar surface area (TPSA) is 25.2 Å². The first-order valence-corrected chi connectivity index (χ1v) is 6.45. The van der Waals surface area contributed by atoms with E-state index < -0.39 is 0 Å². The molecule has 0 atom stereocenters. The Kier molecular flexibility index (Phi) is 3.88. The van der Waals surface area contributed by atoms with Crippen LogP contribution in [-0.2, 0) is 13.0 Å². The molecular weight excluding hydrogens is 280 g/mol. The molecular formula is C12H12Cl3NO. The van der Waals surface area contributed by atoms with Crippen LogP contribution in [0.2, 0.25) is 15.1 Å². The highest BCUT2D eigenvalue weighted by atomic mass is 35.5. The first-order valence-electron chi connectivity index (χ1n) is 5.32. The van der Waals surface area contributed by atoms with E-state index in [0.717, 1.165) is 23.1 Å². The number of furan rings is 1. The molecule has 0 saturated carbocycles. The maximum absolute atomic E-state index is 6.22. The quantitative estimate of drug-likeness (QED) is 0.831. The van der Waals surface area contributed by atoms with E-state index in [0.29, 0.717) is 27.2 Å².